The van der Waals surface area contributed by atoms with E-state index in [4.69, 9.17) is 0 Å². The van der Waals surface area contributed by atoms with Crippen LogP contribution in [-0.4, -0.2) is 29.9 Å². The van der Waals surface area contributed by atoms with E-state index in [-0.39, 0.29) is 5.91 Å². The van der Waals surface area contributed by atoms with Gasteiger partial charge in [-0.3, -0.25) is 9.69 Å². The summed E-state index contributed by atoms with van der Waals surface area (Å²) in [5.41, 5.74) is 3.30. The average molecular weight is 323 g/mol. The number of benzene rings is 2. The molecule has 2 aromatic carbocycles. The molecule has 0 unspecified atom stereocenters. The Morgan fingerprint density at radius 2 is 1.75 bits per heavy atom. The van der Waals surface area contributed by atoms with Crippen LogP contribution in [0, 0.1) is 0 Å². The average Bonchev–Trinajstić information content (AvgIpc) is 2.57. The van der Waals surface area contributed by atoms with E-state index in [2.05, 4.69) is 51.9 Å². The number of hydrogen-bond donors (Lipinski definition) is 2. The summed E-state index contributed by atoms with van der Waals surface area (Å²) in [5, 5.41) is 6.43. The number of nitrogens with one attached hydrogen (secondary N) is 2. The quantitative estimate of drug-likeness (QED) is 0.881. The number of carbonyl (C=O) groups excluding carboxylic acids is 1. The number of piperidine rings is 1. The van der Waals surface area contributed by atoms with Crippen LogP contribution in [0.1, 0.15) is 25.3 Å². The van der Waals surface area contributed by atoms with Crippen molar-refractivity contribution in [2.75, 3.05) is 23.7 Å². The maximum absolute atomic E-state index is 11.2. The Kier molecular flexibility index (Phi) is 5.49. The summed E-state index contributed by atoms with van der Waals surface area (Å²) in [7, 11) is 0. The molecule has 4 nitrogen and oxygen atoms in total. The summed E-state index contributed by atoms with van der Waals surface area (Å²) in [6.07, 6.45) is 2.27. The molecule has 0 spiro atoms. The predicted octanol–water partition coefficient (Wildman–Crippen LogP) is 3.72. The number of likely N-dealkylation sites (tertiary alicyclic amines) is 1. The molecule has 1 aliphatic rings. The van der Waals surface area contributed by atoms with Crippen molar-refractivity contribution in [3.63, 3.8) is 0 Å². The Labute approximate surface area is 143 Å². The third-order valence-electron chi connectivity index (χ3n) is 4.39. The zero-order valence-corrected chi connectivity index (χ0v) is 14.2. The van der Waals surface area contributed by atoms with E-state index >= 15 is 0 Å². The fourth-order valence-corrected chi connectivity index (χ4v) is 3.20. The van der Waals surface area contributed by atoms with Gasteiger partial charge >= 0.3 is 0 Å². The van der Waals surface area contributed by atoms with E-state index in [1.165, 1.54) is 12.5 Å². The van der Waals surface area contributed by atoms with Gasteiger partial charge in [0.2, 0.25) is 5.91 Å². The van der Waals surface area contributed by atoms with E-state index in [9.17, 15) is 4.79 Å². The molecule has 0 bridgehead atoms. The molecular weight excluding hydrogens is 298 g/mol. The first kappa shape index (κ1) is 16.5. The van der Waals surface area contributed by atoms with Gasteiger partial charge in [-0.2, -0.15) is 0 Å². The van der Waals surface area contributed by atoms with Crippen LogP contribution >= 0.6 is 0 Å². The van der Waals surface area contributed by atoms with Gasteiger partial charge < -0.3 is 10.6 Å². The first-order valence-electron chi connectivity index (χ1n) is 8.59. The lowest BCUT2D eigenvalue weighted by atomic mass is 10.0. The van der Waals surface area contributed by atoms with Gasteiger partial charge in [0.05, 0.1) is 0 Å². The van der Waals surface area contributed by atoms with Gasteiger partial charge in [0, 0.05) is 44.0 Å². The minimum atomic E-state index is -0.0404. The van der Waals surface area contributed by atoms with Crippen LogP contribution in [0.15, 0.2) is 54.6 Å². The normalized spacial score (nSPS) is 15.9. The summed E-state index contributed by atoms with van der Waals surface area (Å²) < 4.78 is 0. The van der Waals surface area contributed by atoms with E-state index in [1.54, 1.807) is 0 Å². The predicted molar refractivity (Wildman–Crippen MR) is 99.1 cm³/mol. The van der Waals surface area contributed by atoms with Crippen molar-refractivity contribution in [2.24, 2.45) is 0 Å². The van der Waals surface area contributed by atoms with E-state index in [0.717, 1.165) is 43.9 Å². The Morgan fingerprint density at radius 3 is 2.46 bits per heavy atom. The third-order valence-corrected chi connectivity index (χ3v) is 4.39. The summed E-state index contributed by atoms with van der Waals surface area (Å²) in [5.74, 6) is -0.0404. The molecule has 3 rings (SSSR count). The summed E-state index contributed by atoms with van der Waals surface area (Å²) >= 11 is 0. The number of anilines is 2. The lowest BCUT2D eigenvalue weighted by Gasteiger charge is -2.33. The number of carbonyl (C=O) groups is 1. The molecule has 2 N–H and O–H groups in total. The number of hydrogen-bond acceptors (Lipinski definition) is 3. The Morgan fingerprint density at radius 1 is 1.04 bits per heavy atom. The highest BCUT2D eigenvalue weighted by Gasteiger charge is 2.19. The monoisotopic (exact) mass is 323 g/mol. The topological polar surface area (TPSA) is 44.4 Å². The smallest absolute Gasteiger partial charge is 0.221 e. The van der Waals surface area contributed by atoms with E-state index < -0.39 is 0 Å². The SMILES string of the molecule is CC(=O)Nc1cccc(NC2CCN(Cc3ccccc3)CC2)c1. The van der Waals surface area contributed by atoms with Crippen molar-refractivity contribution in [3.05, 3.63) is 60.2 Å². The highest BCUT2D eigenvalue weighted by molar-refractivity contribution is 5.89. The summed E-state index contributed by atoms with van der Waals surface area (Å²) in [4.78, 5) is 13.7. The van der Waals surface area contributed by atoms with Crippen molar-refractivity contribution in [3.8, 4) is 0 Å². The molecule has 4 heteroatoms. The van der Waals surface area contributed by atoms with Gasteiger partial charge in [-0.1, -0.05) is 36.4 Å². The van der Waals surface area contributed by atoms with Crippen molar-refractivity contribution in [2.45, 2.75) is 32.4 Å². The fraction of sp³-hybridized carbons (Fsp3) is 0.350. The molecular formula is C20H25N3O. The molecule has 0 saturated carbocycles. The standard InChI is InChI=1S/C20H25N3O/c1-16(24)21-19-8-5-9-20(14-19)22-18-10-12-23(13-11-18)15-17-6-3-2-4-7-17/h2-9,14,18,22H,10-13,15H2,1H3,(H,21,24). The first-order chi connectivity index (χ1) is 11.7. The van der Waals surface area contributed by atoms with Crippen LogP contribution in [0.25, 0.3) is 0 Å². The molecule has 0 radical (unpaired) electrons. The second-order valence-corrected chi connectivity index (χ2v) is 6.44. The fourth-order valence-electron chi connectivity index (χ4n) is 3.20. The minimum Gasteiger partial charge on any atom is -0.382 e. The largest absolute Gasteiger partial charge is 0.382 e. The van der Waals surface area contributed by atoms with Crippen molar-refractivity contribution >= 4 is 17.3 Å². The highest BCUT2D eigenvalue weighted by Crippen LogP contribution is 2.20. The molecule has 0 atom stereocenters. The van der Waals surface area contributed by atoms with Gasteiger partial charge in [-0.05, 0) is 36.6 Å². The van der Waals surface area contributed by atoms with E-state index in [0.29, 0.717) is 6.04 Å². The zero-order valence-electron chi connectivity index (χ0n) is 14.2. The molecule has 1 fully saturated rings. The number of rotatable bonds is 5. The maximum atomic E-state index is 11.2. The van der Waals surface area contributed by atoms with Gasteiger partial charge in [-0.15, -0.1) is 0 Å². The molecule has 0 aromatic heterocycles. The van der Waals surface area contributed by atoms with Gasteiger partial charge in [-0.25, -0.2) is 0 Å². The van der Waals surface area contributed by atoms with Gasteiger partial charge in [0.15, 0.2) is 0 Å². The van der Waals surface area contributed by atoms with Crippen LogP contribution in [0.3, 0.4) is 0 Å². The van der Waals surface area contributed by atoms with Crippen LogP contribution in [0.5, 0.6) is 0 Å². The number of amides is 1. The maximum Gasteiger partial charge on any atom is 0.221 e. The molecule has 1 heterocycles. The van der Waals surface area contributed by atoms with Crippen molar-refractivity contribution < 1.29 is 4.79 Å². The Hall–Kier alpha value is -2.33. The summed E-state index contributed by atoms with van der Waals surface area (Å²) in [6, 6.07) is 19.1. The molecule has 1 aliphatic heterocycles. The van der Waals surface area contributed by atoms with Crippen molar-refractivity contribution in [1.29, 1.82) is 0 Å². The lowest BCUT2D eigenvalue weighted by Crippen LogP contribution is -2.38. The van der Waals surface area contributed by atoms with Crippen LogP contribution in [0.4, 0.5) is 11.4 Å². The molecule has 1 amide bonds. The van der Waals surface area contributed by atoms with Crippen molar-refractivity contribution in [1.82, 2.24) is 4.90 Å². The minimum absolute atomic E-state index is 0.0404. The first-order valence-corrected chi connectivity index (χ1v) is 8.59. The zero-order chi connectivity index (χ0) is 16.8. The Balaban J connectivity index is 1.49. The van der Waals surface area contributed by atoms with Crippen LogP contribution < -0.4 is 10.6 Å². The lowest BCUT2D eigenvalue weighted by molar-refractivity contribution is -0.114. The number of nitrogens with zero attached hydrogens (tertiary/aromatic N) is 1. The van der Waals surface area contributed by atoms with Gasteiger partial charge in [0.25, 0.3) is 0 Å². The van der Waals surface area contributed by atoms with E-state index in [1.807, 2.05) is 18.2 Å². The van der Waals surface area contributed by atoms with Gasteiger partial charge in [0.1, 0.15) is 0 Å². The molecule has 0 aliphatic carbocycles. The molecule has 1 saturated heterocycles. The van der Waals surface area contributed by atoms with Crippen LogP contribution in [0.2, 0.25) is 0 Å². The summed E-state index contributed by atoms with van der Waals surface area (Å²) in [6.45, 7) is 4.78. The van der Waals surface area contributed by atoms with Crippen LogP contribution in [-0.2, 0) is 11.3 Å². The Bertz CT molecular complexity index is 664. The highest BCUT2D eigenvalue weighted by atomic mass is 16.1. The second kappa shape index (κ2) is 7.97. The molecule has 126 valence electrons. The molecule has 2 aromatic rings. The second-order valence-electron chi connectivity index (χ2n) is 6.44. The molecule has 24 heavy (non-hydrogen) atoms. The third kappa shape index (κ3) is 4.83.